The van der Waals surface area contributed by atoms with Gasteiger partial charge in [0, 0.05) is 0 Å². The van der Waals surface area contributed by atoms with E-state index in [2.05, 4.69) is 17.1 Å². The second-order valence-corrected chi connectivity index (χ2v) is 5.68. The van der Waals surface area contributed by atoms with Crippen molar-refractivity contribution in [3.8, 4) is 5.75 Å². The van der Waals surface area contributed by atoms with E-state index in [4.69, 9.17) is 10.3 Å². The molecule has 0 saturated carbocycles. The molecule has 0 aliphatic rings. The first-order valence-corrected chi connectivity index (χ1v) is 7.78. The first-order valence-electron chi connectivity index (χ1n) is 6.62. The average molecular weight is 293 g/mol. The molecule has 0 radical (unpaired) electrons. The predicted molar refractivity (Wildman–Crippen MR) is 79.5 cm³/mol. The van der Waals surface area contributed by atoms with E-state index < -0.39 is 0 Å². The topological polar surface area (TPSA) is 85.2 Å². The van der Waals surface area contributed by atoms with Gasteiger partial charge in [0.15, 0.2) is 5.82 Å². The number of hydrogen-bond donors (Lipinski definition) is 2. The first-order chi connectivity index (χ1) is 9.69. The van der Waals surface area contributed by atoms with Crippen LogP contribution in [-0.4, -0.2) is 21.0 Å². The Morgan fingerprint density at radius 3 is 2.80 bits per heavy atom. The Kier molecular flexibility index (Phi) is 5.43. The lowest BCUT2D eigenvalue weighted by Crippen LogP contribution is -2.13. The summed E-state index contributed by atoms with van der Waals surface area (Å²) in [4.78, 5) is 4.32. The molecular weight excluding hydrogens is 274 g/mol. The Morgan fingerprint density at radius 2 is 2.10 bits per heavy atom. The fourth-order valence-corrected chi connectivity index (χ4v) is 2.49. The maximum Gasteiger partial charge on any atom is 0.243 e. The van der Waals surface area contributed by atoms with Gasteiger partial charge in [0.05, 0.1) is 11.8 Å². The van der Waals surface area contributed by atoms with Crippen LogP contribution in [-0.2, 0) is 12.2 Å². The van der Waals surface area contributed by atoms with Gasteiger partial charge in [-0.05, 0) is 36.3 Å². The zero-order valence-electron chi connectivity index (χ0n) is 11.5. The Hall–Kier alpha value is -1.53. The molecule has 1 atom stereocenters. The molecule has 6 heteroatoms. The fourth-order valence-electron chi connectivity index (χ4n) is 1.76. The van der Waals surface area contributed by atoms with Crippen molar-refractivity contribution in [2.75, 3.05) is 5.75 Å². The van der Waals surface area contributed by atoms with E-state index in [0.29, 0.717) is 18.1 Å². The molecule has 1 aromatic heterocycles. The van der Waals surface area contributed by atoms with Crippen molar-refractivity contribution >= 4 is 11.8 Å². The molecule has 5 nitrogen and oxygen atoms in total. The highest BCUT2D eigenvalue weighted by molar-refractivity contribution is 7.98. The molecule has 0 aliphatic heterocycles. The Morgan fingerprint density at radius 1 is 1.35 bits per heavy atom. The lowest BCUT2D eigenvalue weighted by atomic mass is 10.1. The molecule has 2 aromatic rings. The van der Waals surface area contributed by atoms with Gasteiger partial charge in [-0.25, -0.2) is 0 Å². The average Bonchev–Trinajstić information content (AvgIpc) is 2.91. The van der Waals surface area contributed by atoms with Gasteiger partial charge in [-0.15, -0.1) is 0 Å². The summed E-state index contributed by atoms with van der Waals surface area (Å²) in [5.74, 6) is 3.24. The van der Waals surface area contributed by atoms with Crippen LogP contribution in [0.25, 0.3) is 0 Å². The number of aromatic hydroxyl groups is 1. The minimum Gasteiger partial charge on any atom is -0.508 e. The molecule has 0 spiro atoms. The summed E-state index contributed by atoms with van der Waals surface area (Å²) in [6.45, 7) is 2.14. The van der Waals surface area contributed by atoms with Gasteiger partial charge in [-0.3, -0.25) is 0 Å². The van der Waals surface area contributed by atoms with Crippen LogP contribution in [0, 0.1) is 0 Å². The maximum absolute atomic E-state index is 9.24. The van der Waals surface area contributed by atoms with Crippen LogP contribution >= 0.6 is 11.8 Å². The molecule has 0 bridgehead atoms. The van der Waals surface area contributed by atoms with E-state index in [9.17, 15) is 5.11 Å². The van der Waals surface area contributed by atoms with Gasteiger partial charge in [-0.1, -0.05) is 24.2 Å². The van der Waals surface area contributed by atoms with Gasteiger partial charge >= 0.3 is 0 Å². The highest BCUT2D eigenvalue weighted by Gasteiger charge is 2.15. The van der Waals surface area contributed by atoms with Crippen LogP contribution < -0.4 is 5.73 Å². The zero-order chi connectivity index (χ0) is 14.4. The summed E-state index contributed by atoms with van der Waals surface area (Å²) in [5, 5.41) is 13.2. The summed E-state index contributed by atoms with van der Waals surface area (Å²) < 4.78 is 5.20. The highest BCUT2D eigenvalue weighted by Crippen LogP contribution is 2.18. The van der Waals surface area contributed by atoms with Crippen LogP contribution in [0.5, 0.6) is 5.75 Å². The lowest BCUT2D eigenvalue weighted by Gasteiger charge is -2.06. The minimum absolute atomic E-state index is 0.246. The van der Waals surface area contributed by atoms with E-state index in [-0.39, 0.29) is 11.8 Å². The Labute approximate surface area is 122 Å². The van der Waals surface area contributed by atoms with Crippen LogP contribution in [0.15, 0.2) is 28.8 Å². The fraction of sp³-hybridized carbons (Fsp3) is 0.429. The van der Waals surface area contributed by atoms with Crippen molar-refractivity contribution in [1.29, 1.82) is 0 Å². The molecule has 20 heavy (non-hydrogen) atoms. The SMILES string of the molecule is CCCSCc1noc(C(N)Cc2ccc(O)cc2)n1. The molecule has 1 unspecified atom stereocenters. The summed E-state index contributed by atoms with van der Waals surface area (Å²) in [6.07, 6.45) is 1.74. The van der Waals surface area contributed by atoms with Crippen molar-refractivity contribution in [2.45, 2.75) is 31.6 Å². The van der Waals surface area contributed by atoms with Gasteiger partial charge in [0.25, 0.3) is 0 Å². The van der Waals surface area contributed by atoms with Crippen molar-refractivity contribution in [3.05, 3.63) is 41.5 Å². The number of phenolic OH excluding ortho intramolecular Hbond substituents is 1. The molecule has 0 saturated heterocycles. The first kappa shape index (κ1) is 14.9. The molecule has 2 rings (SSSR count). The number of aromatic nitrogens is 2. The molecule has 1 aromatic carbocycles. The van der Waals surface area contributed by atoms with Crippen LogP contribution in [0.1, 0.15) is 36.7 Å². The van der Waals surface area contributed by atoms with Gasteiger partial charge < -0.3 is 15.4 Å². The smallest absolute Gasteiger partial charge is 0.243 e. The predicted octanol–water partition coefficient (Wildman–Crippen LogP) is 2.66. The van der Waals surface area contributed by atoms with Crippen LogP contribution in [0.2, 0.25) is 0 Å². The molecular formula is C14H19N3O2S. The lowest BCUT2D eigenvalue weighted by molar-refractivity contribution is 0.351. The van der Waals surface area contributed by atoms with E-state index in [1.807, 2.05) is 12.1 Å². The maximum atomic E-state index is 9.24. The molecule has 0 fully saturated rings. The van der Waals surface area contributed by atoms with Gasteiger partial charge in [0.2, 0.25) is 5.89 Å². The molecule has 3 N–H and O–H groups in total. The second-order valence-electron chi connectivity index (χ2n) is 4.58. The van der Waals surface area contributed by atoms with Crippen molar-refractivity contribution in [1.82, 2.24) is 10.1 Å². The van der Waals surface area contributed by atoms with Crippen molar-refractivity contribution in [2.24, 2.45) is 5.73 Å². The minimum atomic E-state index is -0.322. The number of nitrogens with two attached hydrogens (primary N) is 1. The standard InChI is InChI=1S/C14H19N3O2S/c1-2-7-20-9-13-16-14(19-17-13)12(15)8-10-3-5-11(18)6-4-10/h3-6,12,18H,2,7-9,15H2,1H3. The molecule has 1 heterocycles. The monoisotopic (exact) mass is 293 g/mol. The van der Waals surface area contributed by atoms with Gasteiger partial charge in [-0.2, -0.15) is 16.7 Å². The highest BCUT2D eigenvalue weighted by atomic mass is 32.2. The Balaban J connectivity index is 1.91. The van der Waals surface area contributed by atoms with Crippen molar-refractivity contribution < 1.29 is 9.63 Å². The molecule has 108 valence electrons. The number of benzene rings is 1. The summed E-state index contributed by atoms with van der Waals surface area (Å²) in [5.41, 5.74) is 7.09. The van der Waals surface area contributed by atoms with Crippen LogP contribution in [0.3, 0.4) is 0 Å². The molecule has 0 amide bonds. The van der Waals surface area contributed by atoms with Crippen molar-refractivity contribution in [3.63, 3.8) is 0 Å². The molecule has 0 aliphatic carbocycles. The largest absolute Gasteiger partial charge is 0.508 e. The summed E-state index contributed by atoms with van der Waals surface area (Å²) in [7, 11) is 0. The van der Waals surface area contributed by atoms with Gasteiger partial charge in [0.1, 0.15) is 5.75 Å². The van der Waals surface area contributed by atoms with E-state index >= 15 is 0 Å². The third-order valence-corrected chi connectivity index (χ3v) is 3.93. The van der Waals surface area contributed by atoms with E-state index in [0.717, 1.165) is 23.5 Å². The van der Waals surface area contributed by atoms with E-state index in [1.54, 1.807) is 23.9 Å². The number of rotatable bonds is 7. The quantitative estimate of drug-likeness (QED) is 0.763. The number of nitrogens with zero attached hydrogens (tertiary/aromatic N) is 2. The number of hydrogen-bond acceptors (Lipinski definition) is 6. The normalized spacial score (nSPS) is 12.5. The third kappa shape index (κ3) is 4.25. The van der Waals surface area contributed by atoms with E-state index in [1.165, 1.54) is 0 Å². The summed E-state index contributed by atoms with van der Waals surface area (Å²) in [6, 6.07) is 6.63. The number of thioether (sulfide) groups is 1. The second kappa shape index (κ2) is 7.31. The van der Waals surface area contributed by atoms with Crippen LogP contribution in [0.4, 0.5) is 0 Å². The third-order valence-electron chi connectivity index (χ3n) is 2.77. The number of phenols is 1. The zero-order valence-corrected chi connectivity index (χ0v) is 12.3. The Bertz CT molecular complexity index is 527. The summed E-state index contributed by atoms with van der Waals surface area (Å²) >= 11 is 1.78.